The topological polar surface area (TPSA) is 65.0 Å². The molecule has 0 aliphatic heterocycles. The van der Waals surface area contributed by atoms with Crippen LogP contribution in [0.15, 0.2) is 27.4 Å². The molecule has 0 fully saturated rings. The maximum atomic E-state index is 11.7. The average Bonchev–Trinajstić information content (AvgIpc) is 2.38. The molecule has 2 rings (SSSR count). The fourth-order valence-electron chi connectivity index (χ4n) is 1.57. The van der Waals surface area contributed by atoms with Crippen molar-refractivity contribution in [1.82, 2.24) is 15.0 Å². The quantitative estimate of drug-likeness (QED) is 0.737. The van der Waals surface area contributed by atoms with Crippen LogP contribution in [0.3, 0.4) is 0 Å². The number of hydrogen-bond donors (Lipinski definition) is 0. The van der Waals surface area contributed by atoms with Gasteiger partial charge in [-0.3, -0.25) is 4.98 Å². The van der Waals surface area contributed by atoms with E-state index in [9.17, 15) is 4.79 Å². The van der Waals surface area contributed by atoms with Gasteiger partial charge in [0.15, 0.2) is 5.82 Å². The van der Waals surface area contributed by atoms with Crippen molar-refractivity contribution in [2.75, 3.05) is 6.61 Å². The number of nitrogens with zero attached hydrogens (tertiary/aromatic N) is 3. The summed E-state index contributed by atoms with van der Waals surface area (Å²) >= 11 is 6.75. The summed E-state index contributed by atoms with van der Waals surface area (Å²) in [6, 6.07) is 1.86. The molecule has 104 valence electrons. The van der Waals surface area contributed by atoms with Crippen molar-refractivity contribution >= 4 is 37.8 Å². The monoisotopic (exact) mass is 399 g/mol. The Hall–Kier alpha value is -1.34. The molecular weight excluding hydrogens is 390 g/mol. The van der Waals surface area contributed by atoms with Crippen molar-refractivity contribution in [2.24, 2.45) is 0 Å². The number of aryl methyl sites for hydroxylation is 1. The lowest BCUT2D eigenvalue weighted by Gasteiger charge is -2.07. The van der Waals surface area contributed by atoms with Crippen LogP contribution in [0.5, 0.6) is 0 Å². The molecule has 0 bridgehead atoms. The van der Waals surface area contributed by atoms with Gasteiger partial charge in [-0.25, -0.2) is 14.8 Å². The van der Waals surface area contributed by atoms with Gasteiger partial charge in [-0.2, -0.15) is 0 Å². The molecule has 0 amide bonds. The van der Waals surface area contributed by atoms with Crippen molar-refractivity contribution in [3.63, 3.8) is 0 Å². The summed E-state index contributed by atoms with van der Waals surface area (Å²) in [6.07, 6.45) is 3.13. The summed E-state index contributed by atoms with van der Waals surface area (Å²) in [7, 11) is 0. The van der Waals surface area contributed by atoms with Crippen LogP contribution in [-0.4, -0.2) is 27.5 Å². The molecule has 0 aromatic carbocycles. The van der Waals surface area contributed by atoms with Gasteiger partial charge in [-0.15, -0.1) is 0 Å². The second-order valence-corrected chi connectivity index (χ2v) is 5.67. The minimum Gasteiger partial charge on any atom is -0.462 e. The normalized spacial score (nSPS) is 10.4. The van der Waals surface area contributed by atoms with Gasteiger partial charge in [0, 0.05) is 21.3 Å². The van der Waals surface area contributed by atoms with Crippen molar-refractivity contribution in [2.45, 2.75) is 13.8 Å². The van der Waals surface area contributed by atoms with E-state index in [1.165, 1.54) is 6.20 Å². The number of carbonyl (C=O) groups is 1. The number of aromatic nitrogens is 3. The van der Waals surface area contributed by atoms with Gasteiger partial charge in [0.1, 0.15) is 5.69 Å². The number of hydrogen-bond acceptors (Lipinski definition) is 5. The van der Waals surface area contributed by atoms with E-state index in [0.29, 0.717) is 29.4 Å². The maximum Gasteiger partial charge on any atom is 0.341 e. The van der Waals surface area contributed by atoms with Crippen molar-refractivity contribution in [1.29, 1.82) is 0 Å². The standard InChI is InChI=1S/C13H11Br2N3O2/c1-3-20-13(19)9-6-17-12(18-7(9)2)11-10(15)4-8(14)5-16-11/h4-6H,3H2,1-2H3. The number of esters is 1. The highest BCUT2D eigenvalue weighted by Gasteiger charge is 2.15. The molecule has 0 N–H and O–H groups in total. The molecule has 0 saturated carbocycles. The first-order chi connectivity index (χ1) is 9.52. The van der Waals surface area contributed by atoms with E-state index < -0.39 is 5.97 Å². The summed E-state index contributed by atoms with van der Waals surface area (Å²) in [4.78, 5) is 24.5. The maximum absolute atomic E-state index is 11.7. The predicted octanol–water partition coefficient (Wildman–Crippen LogP) is 3.55. The van der Waals surface area contributed by atoms with Gasteiger partial charge >= 0.3 is 5.97 Å². The van der Waals surface area contributed by atoms with Crippen LogP contribution in [0.4, 0.5) is 0 Å². The molecule has 0 atom stereocenters. The molecule has 0 unspecified atom stereocenters. The van der Waals surface area contributed by atoms with Gasteiger partial charge < -0.3 is 4.74 Å². The zero-order valence-corrected chi connectivity index (χ0v) is 14.0. The molecule has 0 spiro atoms. The van der Waals surface area contributed by atoms with Crippen LogP contribution in [0.2, 0.25) is 0 Å². The summed E-state index contributed by atoms with van der Waals surface area (Å²) in [5.74, 6) is 0.0364. The van der Waals surface area contributed by atoms with E-state index in [2.05, 4.69) is 46.8 Å². The Bertz CT molecular complexity index is 662. The third-order valence-corrected chi connectivity index (χ3v) is 3.53. The van der Waals surface area contributed by atoms with Crippen molar-refractivity contribution < 1.29 is 9.53 Å². The van der Waals surface area contributed by atoms with Gasteiger partial charge in [-0.1, -0.05) is 0 Å². The Morgan fingerprint density at radius 1 is 1.30 bits per heavy atom. The Balaban J connectivity index is 2.40. The summed E-state index contributed by atoms with van der Waals surface area (Å²) in [6.45, 7) is 3.81. The minimum absolute atomic E-state index is 0.319. The second-order valence-electron chi connectivity index (χ2n) is 3.90. The molecule has 0 radical (unpaired) electrons. The summed E-state index contributed by atoms with van der Waals surface area (Å²) in [5, 5.41) is 0. The number of halogens is 2. The Morgan fingerprint density at radius 2 is 2.05 bits per heavy atom. The molecule has 7 heteroatoms. The van der Waals surface area contributed by atoms with E-state index in [1.807, 2.05) is 6.07 Å². The minimum atomic E-state index is -0.417. The van der Waals surface area contributed by atoms with Crippen LogP contribution >= 0.6 is 31.9 Å². The van der Waals surface area contributed by atoms with Gasteiger partial charge in [0.2, 0.25) is 0 Å². The largest absolute Gasteiger partial charge is 0.462 e. The van der Waals surface area contributed by atoms with E-state index >= 15 is 0 Å². The number of pyridine rings is 1. The first kappa shape index (κ1) is 15.1. The zero-order chi connectivity index (χ0) is 14.7. The molecule has 2 heterocycles. The fraction of sp³-hybridized carbons (Fsp3) is 0.231. The molecule has 20 heavy (non-hydrogen) atoms. The molecule has 5 nitrogen and oxygen atoms in total. The highest BCUT2D eigenvalue weighted by atomic mass is 79.9. The van der Waals surface area contributed by atoms with Crippen molar-refractivity contribution in [3.8, 4) is 11.5 Å². The molecular formula is C13H11Br2N3O2. The molecule has 2 aromatic rings. The fourth-order valence-corrected chi connectivity index (χ4v) is 2.73. The Labute approximate surface area is 133 Å². The number of carbonyl (C=O) groups excluding carboxylic acids is 1. The molecule has 0 saturated heterocycles. The van der Waals surface area contributed by atoms with Crippen molar-refractivity contribution in [3.05, 3.63) is 38.7 Å². The molecule has 2 aromatic heterocycles. The average molecular weight is 401 g/mol. The van der Waals surface area contributed by atoms with E-state index in [0.717, 1.165) is 8.95 Å². The number of ether oxygens (including phenoxy) is 1. The van der Waals surface area contributed by atoms with E-state index in [-0.39, 0.29) is 0 Å². The highest BCUT2D eigenvalue weighted by molar-refractivity contribution is 9.11. The third-order valence-electron chi connectivity index (χ3n) is 2.49. The van der Waals surface area contributed by atoms with E-state index in [4.69, 9.17) is 4.74 Å². The lowest BCUT2D eigenvalue weighted by molar-refractivity contribution is 0.0524. The lowest BCUT2D eigenvalue weighted by Crippen LogP contribution is -2.09. The SMILES string of the molecule is CCOC(=O)c1cnc(-c2ncc(Br)cc2Br)nc1C. The third kappa shape index (κ3) is 3.21. The molecule has 0 aliphatic rings. The summed E-state index contributed by atoms with van der Waals surface area (Å²) < 4.78 is 6.57. The number of rotatable bonds is 3. The Morgan fingerprint density at radius 3 is 2.65 bits per heavy atom. The highest BCUT2D eigenvalue weighted by Crippen LogP contribution is 2.26. The first-order valence-electron chi connectivity index (χ1n) is 5.85. The molecule has 0 aliphatic carbocycles. The van der Waals surface area contributed by atoms with Crippen LogP contribution in [0.1, 0.15) is 23.0 Å². The lowest BCUT2D eigenvalue weighted by atomic mass is 10.2. The van der Waals surface area contributed by atoms with Crippen LogP contribution in [-0.2, 0) is 4.74 Å². The second kappa shape index (κ2) is 6.41. The van der Waals surface area contributed by atoms with Crippen LogP contribution < -0.4 is 0 Å². The van der Waals surface area contributed by atoms with Crippen LogP contribution in [0.25, 0.3) is 11.5 Å². The predicted molar refractivity (Wildman–Crippen MR) is 81.4 cm³/mol. The van der Waals surface area contributed by atoms with Gasteiger partial charge in [-0.05, 0) is 51.8 Å². The van der Waals surface area contributed by atoms with Gasteiger partial charge in [0.25, 0.3) is 0 Å². The van der Waals surface area contributed by atoms with E-state index in [1.54, 1.807) is 20.0 Å². The zero-order valence-electron chi connectivity index (χ0n) is 10.9. The smallest absolute Gasteiger partial charge is 0.341 e. The first-order valence-corrected chi connectivity index (χ1v) is 7.43. The van der Waals surface area contributed by atoms with Gasteiger partial charge in [0.05, 0.1) is 17.9 Å². The van der Waals surface area contributed by atoms with Crippen LogP contribution in [0, 0.1) is 6.92 Å². The summed E-state index contributed by atoms with van der Waals surface area (Å²) in [5.41, 5.74) is 1.54. The Kier molecular flexibility index (Phi) is 4.82.